The van der Waals surface area contributed by atoms with Crippen molar-refractivity contribution in [3.8, 4) is 0 Å². The molecule has 2 aromatic carbocycles. The number of para-hydroxylation sites is 1. The number of carbonyl (C=O) groups excluding carboxylic acids is 2. The summed E-state index contributed by atoms with van der Waals surface area (Å²) in [6.45, 7) is 1.91. The Morgan fingerprint density at radius 2 is 1.65 bits per heavy atom. The van der Waals surface area contributed by atoms with E-state index < -0.39 is 0 Å². The van der Waals surface area contributed by atoms with Crippen molar-refractivity contribution >= 4 is 29.3 Å². The van der Waals surface area contributed by atoms with Gasteiger partial charge in [0.05, 0.1) is 16.8 Å². The fraction of sp³-hybridized carbons (Fsp3) is 0.125. The van der Waals surface area contributed by atoms with Gasteiger partial charge in [-0.15, -0.1) is 11.8 Å². The quantitative estimate of drug-likeness (QED) is 0.625. The largest absolute Gasteiger partial charge is 0.268 e. The first-order chi connectivity index (χ1) is 9.63. The molecule has 2 amide bonds. The zero-order valence-corrected chi connectivity index (χ0v) is 12.0. The van der Waals surface area contributed by atoms with Crippen LogP contribution in [-0.2, 0) is 0 Å². The highest BCUT2D eigenvalue weighted by Crippen LogP contribution is 2.34. The summed E-state index contributed by atoms with van der Waals surface area (Å²) in [5, 5.41) is 0. The van der Waals surface area contributed by atoms with Gasteiger partial charge in [-0.1, -0.05) is 23.8 Å². The maximum absolute atomic E-state index is 12.5. The molecule has 2 aromatic rings. The third-order valence-corrected chi connectivity index (χ3v) is 4.15. The molecule has 3 rings (SSSR count). The van der Waals surface area contributed by atoms with Crippen LogP contribution in [0.5, 0.6) is 0 Å². The van der Waals surface area contributed by atoms with E-state index in [-0.39, 0.29) is 11.8 Å². The highest BCUT2D eigenvalue weighted by atomic mass is 32.2. The molecule has 0 unspecified atom stereocenters. The van der Waals surface area contributed by atoms with E-state index in [1.165, 1.54) is 16.7 Å². The van der Waals surface area contributed by atoms with Gasteiger partial charge in [0.1, 0.15) is 0 Å². The lowest BCUT2D eigenvalue weighted by molar-refractivity contribution is 0.0925. The van der Waals surface area contributed by atoms with E-state index >= 15 is 0 Å². The second-order valence-electron chi connectivity index (χ2n) is 4.67. The van der Waals surface area contributed by atoms with Crippen molar-refractivity contribution in [3.63, 3.8) is 0 Å². The van der Waals surface area contributed by atoms with E-state index in [4.69, 9.17) is 0 Å². The van der Waals surface area contributed by atoms with Gasteiger partial charge >= 0.3 is 0 Å². The maximum Gasteiger partial charge on any atom is 0.266 e. The van der Waals surface area contributed by atoms with E-state index in [1.807, 2.05) is 37.4 Å². The van der Waals surface area contributed by atoms with E-state index in [0.717, 1.165) is 10.5 Å². The number of nitrogens with zero attached hydrogens (tertiary/aromatic N) is 1. The molecule has 0 aliphatic carbocycles. The van der Waals surface area contributed by atoms with Crippen LogP contribution in [0.15, 0.2) is 47.4 Å². The summed E-state index contributed by atoms with van der Waals surface area (Å²) in [6.07, 6.45) is 1.93. The van der Waals surface area contributed by atoms with Gasteiger partial charge in [0.2, 0.25) is 0 Å². The molecule has 0 aromatic heterocycles. The Hall–Kier alpha value is -2.07. The van der Waals surface area contributed by atoms with Crippen LogP contribution >= 0.6 is 11.8 Å². The number of anilines is 1. The lowest BCUT2D eigenvalue weighted by atomic mass is 10.1. The van der Waals surface area contributed by atoms with E-state index in [2.05, 4.69) is 0 Å². The summed E-state index contributed by atoms with van der Waals surface area (Å²) in [6, 6.07) is 12.8. The monoisotopic (exact) mass is 283 g/mol. The average Bonchev–Trinajstić information content (AvgIpc) is 2.70. The molecule has 0 saturated heterocycles. The number of rotatable bonds is 2. The molecule has 1 aliphatic rings. The molecule has 1 heterocycles. The molecule has 0 fully saturated rings. The SMILES string of the molecule is CSc1ccccc1N1C(=O)c2ccc(C)cc2C1=O. The second-order valence-corrected chi connectivity index (χ2v) is 5.51. The van der Waals surface area contributed by atoms with Crippen LogP contribution in [0.2, 0.25) is 0 Å². The number of amides is 2. The van der Waals surface area contributed by atoms with Crippen LogP contribution in [0.3, 0.4) is 0 Å². The minimum atomic E-state index is -0.244. The molecule has 3 nitrogen and oxygen atoms in total. The second kappa shape index (κ2) is 4.80. The van der Waals surface area contributed by atoms with Crippen molar-refractivity contribution in [1.82, 2.24) is 0 Å². The fourth-order valence-electron chi connectivity index (χ4n) is 2.39. The van der Waals surface area contributed by atoms with Crippen molar-refractivity contribution in [2.45, 2.75) is 11.8 Å². The number of thioether (sulfide) groups is 1. The fourth-order valence-corrected chi connectivity index (χ4v) is 2.97. The number of aryl methyl sites for hydroxylation is 1. The van der Waals surface area contributed by atoms with Gasteiger partial charge in [0, 0.05) is 4.90 Å². The van der Waals surface area contributed by atoms with Crippen molar-refractivity contribution in [1.29, 1.82) is 0 Å². The zero-order valence-electron chi connectivity index (χ0n) is 11.2. The molecule has 1 aliphatic heterocycles. The minimum Gasteiger partial charge on any atom is -0.268 e. The maximum atomic E-state index is 12.5. The molecular formula is C16H13NO2S. The topological polar surface area (TPSA) is 37.4 Å². The molecule has 100 valence electrons. The van der Waals surface area contributed by atoms with Crippen LogP contribution in [-0.4, -0.2) is 18.1 Å². The Kier molecular flexibility index (Phi) is 3.10. The summed E-state index contributed by atoms with van der Waals surface area (Å²) in [5.74, 6) is -0.485. The summed E-state index contributed by atoms with van der Waals surface area (Å²) < 4.78 is 0. The van der Waals surface area contributed by atoms with E-state index in [9.17, 15) is 9.59 Å². The van der Waals surface area contributed by atoms with Gasteiger partial charge in [-0.25, -0.2) is 4.90 Å². The summed E-state index contributed by atoms with van der Waals surface area (Å²) >= 11 is 1.52. The van der Waals surface area contributed by atoms with Crippen molar-refractivity contribution in [3.05, 3.63) is 59.2 Å². The minimum absolute atomic E-state index is 0.241. The first kappa shape index (κ1) is 12.9. The van der Waals surface area contributed by atoms with Crippen LogP contribution in [0.1, 0.15) is 26.3 Å². The van der Waals surface area contributed by atoms with Crippen LogP contribution < -0.4 is 4.90 Å². The standard InChI is InChI=1S/C16H13NO2S/c1-10-7-8-11-12(9-10)16(19)17(15(11)18)13-5-3-4-6-14(13)20-2/h3-9H,1-2H3. The molecule has 0 N–H and O–H groups in total. The molecular weight excluding hydrogens is 270 g/mol. The Morgan fingerprint density at radius 1 is 0.950 bits per heavy atom. The Morgan fingerprint density at radius 3 is 2.40 bits per heavy atom. The number of benzene rings is 2. The number of carbonyl (C=O) groups is 2. The number of hydrogen-bond acceptors (Lipinski definition) is 3. The Balaban J connectivity index is 2.14. The Labute approximate surface area is 121 Å². The molecule has 0 spiro atoms. The Bertz CT molecular complexity index is 724. The zero-order chi connectivity index (χ0) is 14.3. The predicted molar refractivity (Wildman–Crippen MR) is 80.5 cm³/mol. The molecule has 20 heavy (non-hydrogen) atoms. The van der Waals surface area contributed by atoms with Gasteiger partial charge in [0.15, 0.2) is 0 Å². The average molecular weight is 283 g/mol. The lowest BCUT2D eigenvalue weighted by Gasteiger charge is -2.16. The summed E-state index contributed by atoms with van der Waals surface area (Å²) in [4.78, 5) is 27.2. The number of imide groups is 1. The number of hydrogen-bond donors (Lipinski definition) is 0. The molecule has 0 bridgehead atoms. The molecule has 4 heteroatoms. The molecule has 0 radical (unpaired) electrons. The highest BCUT2D eigenvalue weighted by Gasteiger charge is 2.37. The summed E-state index contributed by atoms with van der Waals surface area (Å²) in [5.41, 5.74) is 2.61. The van der Waals surface area contributed by atoms with Crippen LogP contribution in [0, 0.1) is 6.92 Å². The smallest absolute Gasteiger partial charge is 0.266 e. The van der Waals surface area contributed by atoms with Crippen LogP contribution in [0.25, 0.3) is 0 Å². The van der Waals surface area contributed by atoms with Gasteiger partial charge < -0.3 is 0 Å². The van der Waals surface area contributed by atoms with E-state index in [1.54, 1.807) is 18.2 Å². The van der Waals surface area contributed by atoms with E-state index in [0.29, 0.717) is 16.8 Å². The van der Waals surface area contributed by atoms with Crippen molar-refractivity contribution in [2.75, 3.05) is 11.2 Å². The first-order valence-corrected chi connectivity index (χ1v) is 7.48. The third-order valence-electron chi connectivity index (χ3n) is 3.37. The highest BCUT2D eigenvalue weighted by molar-refractivity contribution is 7.98. The predicted octanol–water partition coefficient (Wildman–Crippen LogP) is 3.52. The third kappa shape index (κ3) is 1.84. The first-order valence-electron chi connectivity index (χ1n) is 6.26. The molecule has 0 atom stereocenters. The lowest BCUT2D eigenvalue weighted by Crippen LogP contribution is -2.29. The van der Waals surface area contributed by atoms with Gasteiger partial charge in [-0.2, -0.15) is 0 Å². The summed E-state index contributed by atoms with van der Waals surface area (Å²) in [7, 11) is 0. The van der Waals surface area contributed by atoms with Crippen molar-refractivity contribution < 1.29 is 9.59 Å². The normalized spacial score (nSPS) is 13.8. The number of fused-ring (bicyclic) bond motifs is 1. The molecule has 0 saturated carbocycles. The van der Waals surface area contributed by atoms with Crippen molar-refractivity contribution in [2.24, 2.45) is 0 Å². The van der Waals surface area contributed by atoms with Gasteiger partial charge in [-0.3, -0.25) is 9.59 Å². The van der Waals surface area contributed by atoms with Crippen LogP contribution in [0.4, 0.5) is 5.69 Å². The van der Waals surface area contributed by atoms with Gasteiger partial charge in [0.25, 0.3) is 11.8 Å². The van der Waals surface area contributed by atoms with Gasteiger partial charge in [-0.05, 0) is 37.4 Å².